The Morgan fingerprint density at radius 1 is 1.03 bits per heavy atom. The number of nitrogens with zero attached hydrogens (tertiary/aromatic N) is 2. The number of ketones is 2. The summed E-state index contributed by atoms with van der Waals surface area (Å²) in [6.45, 7) is -0.885. The van der Waals surface area contributed by atoms with Gasteiger partial charge in [0.15, 0.2) is 17.7 Å². The van der Waals surface area contributed by atoms with Crippen LogP contribution >= 0.6 is 0 Å². The van der Waals surface area contributed by atoms with Gasteiger partial charge in [0.2, 0.25) is 6.23 Å². The Bertz CT molecular complexity index is 1490. The summed E-state index contributed by atoms with van der Waals surface area (Å²) in [5, 5.41) is 21.1. The van der Waals surface area contributed by atoms with E-state index in [1.54, 1.807) is 18.2 Å². The molecule has 1 aliphatic heterocycles. The van der Waals surface area contributed by atoms with E-state index in [2.05, 4.69) is 10.3 Å². The van der Waals surface area contributed by atoms with Gasteiger partial charge in [-0.15, -0.1) is 0 Å². The molecule has 1 aromatic heterocycles. The molecule has 0 spiro atoms. The van der Waals surface area contributed by atoms with Crippen molar-refractivity contribution < 1.29 is 38.1 Å². The maximum absolute atomic E-state index is 14.3. The summed E-state index contributed by atoms with van der Waals surface area (Å²) in [5.74, 6) is -5.68. The second kappa shape index (κ2) is 8.52. The van der Waals surface area contributed by atoms with E-state index in [-0.39, 0.29) is 39.4 Å². The van der Waals surface area contributed by atoms with Crippen LogP contribution in [0.1, 0.15) is 48.4 Å². The number of benzene rings is 2. The maximum Gasteiger partial charge on any atom is 0.351 e. The molecule has 0 saturated carbocycles. The number of halogens is 2. The van der Waals surface area contributed by atoms with Gasteiger partial charge in [-0.3, -0.25) is 19.0 Å². The standard InChI is InChI=1S/C24H17F2N3O7/c25-24(26)20(33)16(10-30)36-22(24)29-8-7-17(28-23(29)35)27-21(34)11-5-6-14-15(9-11)19(32)13-4-2-1-3-12(13)18(14)31/h1-9,16,20,22,30,33H,10H2,(H,27,28,34,35)/t16-,20-,22?/m1/s1. The van der Waals surface area contributed by atoms with E-state index < -0.39 is 48.3 Å². The molecule has 2 heterocycles. The van der Waals surface area contributed by atoms with E-state index >= 15 is 0 Å². The molecule has 1 saturated heterocycles. The normalized spacial score (nSPS) is 22.2. The number of fused-ring (bicyclic) bond motifs is 2. The number of hydrogen-bond acceptors (Lipinski definition) is 8. The van der Waals surface area contributed by atoms with Crippen molar-refractivity contribution in [2.45, 2.75) is 24.4 Å². The van der Waals surface area contributed by atoms with Gasteiger partial charge >= 0.3 is 11.6 Å². The molecule has 10 nitrogen and oxygen atoms in total. The van der Waals surface area contributed by atoms with Crippen molar-refractivity contribution in [1.29, 1.82) is 0 Å². The van der Waals surface area contributed by atoms with Crippen LogP contribution in [0.4, 0.5) is 14.6 Å². The van der Waals surface area contributed by atoms with Crippen LogP contribution in [0.15, 0.2) is 59.5 Å². The Balaban J connectivity index is 1.39. The molecule has 36 heavy (non-hydrogen) atoms. The van der Waals surface area contributed by atoms with Crippen molar-refractivity contribution in [3.8, 4) is 0 Å². The summed E-state index contributed by atoms with van der Waals surface area (Å²) in [7, 11) is 0. The number of nitrogens with one attached hydrogen (secondary N) is 1. The van der Waals surface area contributed by atoms with Crippen LogP contribution in [-0.2, 0) is 4.74 Å². The predicted octanol–water partition coefficient (Wildman–Crippen LogP) is 1.16. The fourth-order valence-electron chi connectivity index (χ4n) is 4.21. The third-order valence-electron chi connectivity index (χ3n) is 6.07. The van der Waals surface area contributed by atoms with E-state index in [9.17, 15) is 33.1 Å². The van der Waals surface area contributed by atoms with E-state index in [1.807, 2.05) is 0 Å². The zero-order valence-corrected chi connectivity index (χ0v) is 18.2. The lowest BCUT2D eigenvalue weighted by molar-refractivity contribution is -0.140. The third kappa shape index (κ3) is 3.63. The van der Waals surface area contributed by atoms with Gasteiger partial charge in [0.25, 0.3) is 5.91 Å². The average Bonchev–Trinajstić information content (AvgIpc) is 3.10. The number of alkyl halides is 2. The van der Waals surface area contributed by atoms with Gasteiger partial charge in [-0.2, -0.15) is 13.8 Å². The van der Waals surface area contributed by atoms with E-state index in [4.69, 9.17) is 9.84 Å². The minimum Gasteiger partial charge on any atom is -0.394 e. The van der Waals surface area contributed by atoms with Crippen LogP contribution in [0, 0.1) is 0 Å². The van der Waals surface area contributed by atoms with Gasteiger partial charge in [-0.25, -0.2) is 4.79 Å². The number of rotatable bonds is 4. The van der Waals surface area contributed by atoms with Crippen LogP contribution < -0.4 is 11.0 Å². The molecule has 1 amide bonds. The molecule has 12 heteroatoms. The van der Waals surface area contributed by atoms with Crippen LogP contribution in [0.25, 0.3) is 0 Å². The van der Waals surface area contributed by atoms with Crippen LogP contribution in [0.3, 0.4) is 0 Å². The monoisotopic (exact) mass is 497 g/mol. The lowest BCUT2D eigenvalue weighted by Crippen LogP contribution is -2.41. The van der Waals surface area contributed by atoms with Gasteiger partial charge in [-0.05, 0) is 24.3 Å². The second-order valence-electron chi connectivity index (χ2n) is 8.25. The van der Waals surface area contributed by atoms with Gasteiger partial charge in [0.1, 0.15) is 11.9 Å². The van der Waals surface area contributed by atoms with Crippen LogP contribution in [0.5, 0.6) is 0 Å². The predicted molar refractivity (Wildman–Crippen MR) is 118 cm³/mol. The topological polar surface area (TPSA) is 148 Å². The highest BCUT2D eigenvalue weighted by Gasteiger charge is 2.59. The Morgan fingerprint density at radius 2 is 1.67 bits per heavy atom. The summed E-state index contributed by atoms with van der Waals surface area (Å²) in [4.78, 5) is 54.3. The fraction of sp³-hybridized carbons (Fsp3) is 0.208. The Hall–Kier alpha value is -4.13. The number of aromatic nitrogens is 2. The molecule has 184 valence electrons. The minimum absolute atomic E-state index is 0.000158. The SMILES string of the molecule is O=C(Nc1ccn(C2O[C@H](CO)[C@@H](O)C2(F)F)c(=O)n1)c1ccc2c(c1)C(=O)c1ccccc1C2=O. The highest BCUT2D eigenvalue weighted by Crippen LogP contribution is 2.42. The van der Waals surface area contributed by atoms with Crippen LogP contribution in [0.2, 0.25) is 0 Å². The van der Waals surface area contributed by atoms with Gasteiger partial charge in [0, 0.05) is 34.0 Å². The molecule has 3 N–H and O–H groups in total. The Morgan fingerprint density at radius 3 is 2.28 bits per heavy atom. The molecule has 0 radical (unpaired) electrons. The van der Waals surface area contributed by atoms with E-state index in [0.717, 1.165) is 12.3 Å². The van der Waals surface area contributed by atoms with E-state index in [0.29, 0.717) is 4.57 Å². The molecule has 1 fully saturated rings. The average molecular weight is 497 g/mol. The van der Waals surface area contributed by atoms with Crippen molar-refractivity contribution in [2.75, 3.05) is 11.9 Å². The number of aliphatic hydroxyl groups is 2. The van der Waals surface area contributed by atoms with Gasteiger partial charge in [0.05, 0.1) is 6.61 Å². The molecule has 1 aliphatic carbocycles. The Kier molecular flexibility index (Phi) is 5.58. The number of anilines is 1. The molecular weight excluding hydrogens is 480 g/mol. The van der Waals surface area contributed by atoms with Crippen molar-refractivity contribution >= 4 is 23.3 Å². The lowest BCUT2D eigenvalue weighted by atomic mass is 9.83. The van der Waals surface area contributed by atoms with Gasteiger partial charge < -0.3 is 20.3 Å². The first-order valence-corrected chi connectivity index (χ1v) is 10.7. The molecule has 3 atom stereocenters. The van der Waals surface area contributed by atoms with Crippen molar-refractivity contribution in [3.63, 3.8) is 0 Å². The highest BCUT2D eigenvalue weighted by molar-refractivity contribution is 6.28. The second-order valence-corrected chi connectivity index (χ2v) is 8.25. The summed E-state index contributed by atoms with van der Waals surface area (Å²) in [6.07, 6.45) is -5.23. The number of carbonyl (C=O) groups is 3. The molecule has 2 aromatic carbocycles. The fourth-order valence-corrected chi connectivity index (χ4v) is 4.21. The smallest absolute Gasteiger partial charge is 0.351 e. The molecule has 2 aliphatic rings. The zero-order valence-electron chi connectivity index (χ0n) is 18.2. The summed E-state index contributed by atoms with van der Waals surface area (Å²) in [6, 6.07) is 11.3. The van der Waals surface area contributed by atoms with Crippen molar-refractivity contribution in [1.82, 2.24) is 9.55 Å². The van der Waals surface area contributed by atoms with Crippen LogP contribution in [-0.4, -0.2) is 62.0 Å². The van der Waals surface area contributed by atoms with Gasteiger partial charge in [-0.1, -0.05) is 24.3 Å². The van der Waals surface area contributed by atoms with E-state index in [1.165, 1.54) is 24.3 Å². The quantitative estimate of drug-likeness (QED) is 0.381. The van der Waals surface area contributed by atoms with Crippen molar-refractivity contribution in [2.24, 2.45) is 0 Å². The van der Waals surface area contributed by atoms with Crippen molar-refractivity contribution in [3.05, 3.63) is 93.0 Å². The molecule has 5 rings (SSSR count). The minimum atomic E-state index is -3.88. The zero-order chi connectivity index (χ0) is 25.8. The largest absolute Gasteiger partial charge is 0.394 e. The summed E-state index contributed by atoms with van der Waals surface area (Å²) < 4.78 is 34.0. The molecule has 0 bridgehead atoms. The Labute approximate surface area is 200 Å². The molecular formula is C24H17F2N3O7. The molecule has 3 aromatic rings. The third-order valence-corrected chi connectivity index (χ3v) is 6.07. The number of hydrogen-bond donors (Lipinski definition) is 3. The molecule has 1 unspecified atom stereocenters. The first-order chi connectivity index (χ1) is 17.1. The number of ether oxygens (including phenoxy) is 1. The maximum atomic E-state index is 14.3. The number of amides is 1. The summed E-state index contributed by atoms with van der Waals surface area (Å²) >= 11 is 0. The first kappa shape index (κ1) is 23.6. The number of carbonyl (C=O) groups excluding carboxylic acids is 3. The first-order valence-electron chi connectivity index (χ1n) is 10.7. The highest BCUT2D eigenvalue weighted by atomic mass is 19.3. The summed E-state index contributed by atoms with van der Waals surface area (Å²) in [5.41, 5.74) is -0.515. The lowest BCUT2D eigenvalue weighted by Gasteiger charge is -2.21. The number of aliphatic hydroxyl groups excluding tert-OH is 2.